The molecule has 11 heavy (non-hydrogen) atoms. The maximum absolute atomic E-state index is 11.1. The molecule has 1 saturated heterocycles. The molecule has 0 radical (unpaired) electrons. The maximum atomic E-state index is 11.1. The smallest absolute Gasteiger partial charge is 0.151 e. The van der Waals surface area contributed by atoms with Gasteiger partial charge >= 0.3 is 0 Å². The molecule has 0 N–H and O–H groups in total. The second-order valence-electron chi connectivity index (χ2n) is 3.48. The summed E-state index contributed by atoms with van der Waals surface area (Å²) in [5, 5.41) is -0.137. The van der Waals surface area contributed by atoms with E-state index < -0.39 is 9.84 Å². The average molecular weight is 177 g/mol. The SMILES string of the molecule is C[C@@H]1C[C@H](S(C)(=O)=O)CN1C. The van der Waals surface area contributed by atoms with E-state index in [1.807, 2.05) is 7.05 Å². The highest BCUT2D eigenvalue weighted by molar-refractivity contribution is 7.91. The molecule has 1 aliphatic rings. The third-order valence-corrected chi connectivity index (χ3v) is 4.01. The number of sulfone groups is 1. The van der Waals surface area contributed by atoms with Crippen LogP contribution >= 0.6 is 0 Å². The van der Waals surface area contributed by atoms with Gasteiger partial charge in [-0.2, -0.15) is 0 Å². The summed E-state index contributed by atoms with van der Waals surface area (Å²) in [5.74, 6) is 0. The normalized spacial score (nSPS) is 34.5. The van der Waals surface area contributed by atoms with Gasteiger partial charge in [0.05, 0.1) is 5.25 Å². The van der Waals surface area contributed by atoms with Crippen molar-refractivity contribution in [3.8, 4) is 0 Å². The molecule has 0 unspecified atom stereocenters. The van der Waals surface area contributed by atoms with Gasteiger partial charge in [0.25, 0.3) is 0 Å². The van der Waals surface area contributed by atoms with Crippen LogP contribution in [0.25, 0.3) is 0 Å². The molecule has 0 aromatic rings. The Bertz CT molecular complexity index is 225. The Morgan fingerprint density at radius 1 is 1.45 bits per heavy atom. The van der Waals surface area contributed by atoms with Crippen LogP contribution in [0.2, 0.25) is 0 Å². The first-order valence-electron chi connectivity index (χ1n) is 3.80. The Kier molecular flexibility index (Phi) is 2.25. The lowest BCUT2D eigenvalue weighted by molar-refractivity contribution is 0.331. The number of hydrogen-bond acceptors (Lipinski definition) is 3. The number of nitrogens with zero attached hydrogens (tertiary/aromatic N) is 1. The van der Waals surface area contributed by atoms with Crippen molar-refractivity contribution in [1.82, 2.24) is 4.90 Å². The molecule has 0 aliphatic carbocycles. The van der Waals surface area contributed by atoms with Gasteiger partial charge in [0.2, 0.25) is 0 Å². The molecule has 1 aliphatic heterocycles. The molecule has 2 atom stereocenters. The molecule has 0 bridgehead atoms. The topological polar surface area (TPSA) is 37.4 Å². The predicted octanol–water partition coefficient (Wildman–Crippen LogP) is 0.124. The van der Waals surface area contributed by atoms with Gasteiger partial charge in [0, 0.05) is 18.8 Å². The van der Waals surface area contributed by atoms with Gasteiger partial charge in [-0.3, -0.25) is 0 Å². The minimum Gasteiger partial charge on any atom is -0.302 e. The average Bonchev–Trinajstić information content (AvgIpc) is 2.11. The predicted molar refractivity (Wildman–Crippen MR) is 45.3 cm³/mol. The minimum atomic E-state index is -2.81. The molecule has 1 heterocycles. The molecular weight excluding hydrogens is 162 g/mol. The van der Waals surface area contributed by atoms with Crippen molar-refractivity contribution < 1.29 is 8.42 Å². The molecule has 4 heteroatoms. The van der Waals surface area contributed by atoms with Gasteiger partial charge in [-0.25, -0.2) is 8.42 Å². The Balaban J connectivity index is 2.69. The van der Waals surface area contributed by atoms with E-state index in [1.54, 1.807) is 0 Å². The summed E-state index contributed by atoms with van der Waals surface area (Å²) in [4.78, 5) is 2.09. The van der Waals surface area contributed by atoms with E-state index in [0.717, 1.165) is 6.42 Å². The Morgan fingerprint density at radius 2 is 2.00 bits per heavy atom. The second-order valence-corrected chi connectivity index (χ2v) is 5.80. The van der Waals surface area contributed by atoms with Crippen LogP contribution in [0.3, 0.4) is 0 Å². The zero-order valence-corrected chi connectivity index (χ0v) is 8.06. The van der Waals surface area contributed by atoms with Gasteiger partial charge in [-0.1, -0.05) is 0 Å². The summed E-state index contributed by atoms with van der Waals surface area (Å²) in [6.45, 7) is 2.76. The fourth-order valence-electron chi connectivity index (χ4n) is 1.45. The Labute approximate surface area is 68.3 Å². The number of likely N-dealkylation sites (tertiary alicyclic amines) is 1. The van der Waals surface area contributed by atoms with Gasteiger partial charge in [0.1, 0.15) is 0 Å². The summed E-state index contributed by atoms with van der Waals surface area (Å²) in [5.41, 5.74) is 0. The molecule has 0 aromatic carbocycles. The molecular formula is C7H15NO2S. The maximum Gasteiger partial charge on any atom is 0.151 e. The molecule has 0 saturated carbocycles. The van der Waals surface area contributed by atoms with Crippen molar-refractivity contribution in [3.63, 3.8) is 0 Å². The molecule has 1 rings (SSSR count). The van der Waals surface area contributed by atoms with Crippen LogP contribution in [0.4, 0.5) is 0 Å². The third-order valence-electron chi connectivity index (χ3n) is 2.45. The molecule has 0 amide bonds. The Hall–Kier alpha value is -0.0900. The monoisotopic (exact) mass is 177 g/mol. The van der Waals surface area contributed by atoms with Crippen LogP contribution in [0.1, 0.15) is 13.3 Å². The highest BCUT2D eigenvalue weighted by atomic mass is 32.2. The lowest BCUT2D eigenvalue weighted by Crippen LogP contribution is -2.24. The molecule has 66 valence electrons. The van der Waals surface area contributed by atoms with Crippen molar-refractivity contribution in [2.45, 2.75) is 24.6 Å². The summed E-state index contributed by atoms with van der Waals surface area (Å²) in [7, 11) is -0.842. The van der Waals surface area contributed by atoms with Crippen LogP contribution in [0.5, 0.6) is 0 Å². The van der Waals surface area contributed by atoms with Gasteiger partial charge in [0.15, 0.2) is 9.84 Å². The van der Waals surface area contributed by atoms with Crippen LogP contribution in [-0.4, -0.2) is 44.5 Å². The van der Waals surface area contributed by atoms with Crippen LogP contribution in [-0.2, 0) is 9.84 Å². The van der Waals surface area contributed by atoms with Gasteiger partial charge in [-0.05, 0) is 20.4 Å². The lowest BCUT2D eigenvalue weighted by atomic mass is 10.2. The van der Waals surface area contributed by atoms with Gasteiger partial charge < -0.3 is 4.90 Å². The fraction of sp³-hybridized carbons (Fsp3) is 1.00. The quantitative estimate of drug-likeness (QED) is 0.571. The van der Waals surface area contributed by atoms with Crippen LogP contribution < -0.4 is 0 Å². The van der Waals surface area contributed by atoms with Crippen molar-refractivity contribution >= 4 is 9.84 Å². The third kappa shape index (κ3) is 1.93. The lowest BCUT2D eigenvalue weighted by Gasteiger charge is -2.12. The standard InChI is InChI=1S/C7H15NO2S/c1-6-4-7(5-8(6)2)11(3,9)10/h6-7H,4-5H2,1-3H3/t6-,7+/m1/s1. The molecule has 3 nitrogen and oxygen atoms in total. The first-order valence-corrected chi connectivity index (χ1v) is 5.76. The first kappa shape index (κ1) is 9.00. The summed E-state index contributed by atoms with van der Waals surface area (Å²) in [6.07, 6.45) is 2.11. The summed E-state index contributed by atoms with van der Waals surface area (Å²) in [6, 6.07) is 0.412. The zero-order chi connectivity index (χ0) is 8.65. The summed E-state index contributed by atoms with van der Waals surface area (Å²) >= 11 is 0. The minimum absolute atomic E-state index is 0.137. The van der Waals surface area contributed by atoms with Crippen LogP contribution in [0.15, 0.2) is 0 Å². The van der Waals surface area contributed by atoms with Crippen molar-refractivity contribution in [2.75, 3.05) is 19.8 Å². The van der Waals surface area contributed by atoms with Crippen LogP contribution in [0, 0.1) is 0 Å². The van der Waals surface area contributed by atoms with Crippen molar-refractivity contribution in [3.05, 3.63) is 0 Å². The van der Waals surface area contributed by atoms with E-state index >= 15 is 0 Å². The largest absolute Gasteiger partial charge is 0.302 e. The fourth-order valence-corrected chi connectivity index (χ4v) is 2.58. The van der Waals surface area contributed by atoms with Crippen molar-refractivity contribution in [1.29, 1.82) is 0 Å². The Morgan fingerprint density at radius 3 is 2.18 bits per heavy atom. The molecule has 0 aromatic heterocycles. The van der Waals surface area contributed by atoms with Gasteiger partial charge in [-0.15, -0.1) is 0 Å². The summed E-state index contributed by atoms with van der Waals surface area (Å²) < 4.78 is 22.2. The number of hydrogen-bond donors (Lipinski definition) is 0. The highest BCUT2D eigenvalue weighted by Crippen LogP contribution is 2.20. The van der Waals surface area contributed by atoms with E-state index in [0.29, 0.717) is 12.6 Å². The van der Waals surface area contributed by atoms with E-state index in [9.17, 15) is 8.42 Å². The van der Waals surface area contributed by atoms with Crippen molar-refractivity contribution in [2.24, 2.45) is 0 Å². The highest BCUT2D eigenvalue weighted by Gasteiger charge is 2.32. The zero-order valence-electron chi connectivity index (χ0n) is 7.24. The first-order chi connectivity index (χ1) is 4.91. The molecule has 1 fully saturated rings. The van der Waals surface area contributed by atoms with E-state index in [-0.39, 0.29) is 5.25 Å². The van der Waals surface area contributed by atoms with E-state index in [1.165, 1.54) is 6.26 Å². The van der Waals surface area contributed by atoms with E-state index in [4.69, 9.17) is 0 Å². The van der Waals surface area contributed by atoms with E-state index in [2.05, 4.69) is 11.8 Å². The number of rotatable bonds is 1. The second kappa shape index (κ2) is 2.75. The molecule has 0 spiro atoms.